The highest BCUT2D eigenvalue weighted by atomic mass is 16.4. The Morgan fingerprint density at radius 1 is 1.17 bits per heavy atom. The molecule has 2 aromatic heterocycles. The van der Waals surface area contributed by atoms with E-state index in [0.717, 1.165) is 10.9 Å². The van der Waals surface area contributed by atoms with Crippen LogP contribution < -0.4 is 10.9 Å². The Labute approximate surface area is 134 Å². The lowest BCUT2D eigenvalue weighted by atomic mass is 10.1. The first-order valence-electron chi connectivity index (χ1n) is 7.54. The van der Waals surface area contributed by atoms with E-state index < -0.39 is 5.63 Å². The maximum absolute atomic E-state index is 11.8. The summed E-state index contributed by atoms with van der Waals surface area (Å²) in [7, 11) is 2.03. The van der Waals surface area contributed by atoms with Gasteiger partial charge in [0.15, 0.2) is 0 Å². The summed E-state index contributed by atoms with van der Waals surface area (Å²) >= 11 is 0. The molecule has 23 heavy (non-hydrogen) atoms. The Kier molecular flexibility index (Phi) is 3.96. The minimum absolute atomic E-state index is 0.130. The number of aromatic hydroxyl groups is 1. The first kappa shape index (κ1) is 15.4. The molecular formula is C18H20N2O3. The van der Waals surface area contributed by atoms with Crippen LogP contribution in [0, 0.1) is 13.8 Å². The van der Waals surface area contributed by atoms with Crippen LogP contribution >= 0.6 is 0 Å². The molecule has 0 aliphatic rings. The van der Waals surface area contributed by atoms with Crippen molar-refractivity contribution in [1.82, 2.24) is 9.88 Å². The van der Waals surface area contributed by atoms with Gasteiger partial charge in [0.1, 0.15) is 11.3 Å². The monoisotopic (exact) mass is 312 g/mol. The molecule has 0 saturated carbocycles. The summed E-state index contributed by atoms with van der Waals surface area (Å²) in [6, 6.07) is 9.08. The van der Waals surface area contributed by atoms with Crippen LogP contribution in [0.1, 0.15) is 22.5 Å². The summed E-state index contributed by atoms with van der Waals surface area (Å²) in [5, 5.41) is 14.0. The highest BCUT2D eigenvalue weighted by molar-refractivity contribution is 5.84. The predicted molar refractivity (Wildman–Crippen MR) is 89.6 cm³/mol. The number of nitrogens with zero attached hydrogens (tertiary/aromatic N) is 1. The highest BCUT2D eigenvalue weighted by Crippen LogP contribution is 2.27. The molecule has 1 aromatic carbocycles. The van der Waals surface area contributed by atoms with Crippen LogP contribution in [0.3, 0.4) is 0 Å². The zero-order valence-corrected chi connectivity index (χ0v) is 13.5. The van der Waals surface area contributed by atoms with Gasteiger partial charge in [0.05, 0.1) is 0 Å². The number of phenolic OH excluding ortho intramolecular Hbond substituents is 1. The number of rotatable bonds is 4. The Morgan fingerprint density at radius 2 is 1.96 bits per heavy atom. The summed E-state index contributed by atoms with van der Waals surface area (Å²) < 4.78 is 7.39. The molecule has 0 bridgehead atoms. The maximum Gasteiger partial charge on any atom is 0.336 e. The van der Waals surface area contributed by atoms with Crippen LogP contribution in [0.25, 0.3) is 11.0 Å². The van der Waals surface area contributed by atoms with Crippen molar-refractivity contribution in [2.75, 3.05) is 0 Å². The molecule has 5 nitrogen and oxygen atoms in total. The van der Waals surface area contributed by atoms with E-state index in [9.17, 15) is 9.90 Å². The zero-order valence-electron chi connectivity index (χ0n) is 13.5. The fourth-order valence-electron chi connectivity index (χ4n) is 2.73. The lowest BCUT2D eigenvalue weighted by Crippen LogP contribution is -2.16. The number of aryl methyl sites for hydroxylation is 2. The van der Waals surface area contributed by atoms with E-state index in [1.807, 2.05) is 7.05 Å². The van der Waals surface area contributed by atoms with Crippen molar-refractivity contribution < 1.29 is 9.52 Å². The second kappa shape index (κ2) is 5.93. The van der Waals surface area contributed by atoms with Crippen LogP contribution in [0.15, 0.2) is 39.5 Å². The fourth-order valence-corrected chi connectivity index (χ4v) is 2.73. The van der Waals surface area contributed by atoms with E-state index in [0.29, 0.717) is 24.2 Å². The van der Waals surface area contributed by atoms with Gasteiger partial charge >= 0.3 is 5.63 Å². The molecule has 0 atom stereocenters. The van der Waals surface area contributed by atoms with Gasteiger partial charge in [-0.2, -0.15) is 0 Å². The van der Waals surface area contributed by atoms with Crippen molar-refractivity contribution >= 4 is 11.0 Å². The van der Waals surface area contributed by atoms with Crippen LogP contribution in [-0.4, -0.2) is 9.67 Å². The van der Waals surface area contributed by atoms with Gasteiger partial charge in [-0.05, 0) is 43.7 Å². The number of aromatic nitrogens is 1. The average Bonchev–Trinajstić information content (AvgIpc) is 2.83. The SMILES string of the molecule is Cc1c(O)ccc2c(CNCc3ccc(C)n3C)cc(=O)oc12. The average molecular weight is 312 g/mol. The smallest absolute Gasteiger partial charge is 0.336 e. The summed E-state index contributed by atoms with van der Waals surface area (Å²) in [6.07, 6.45) is 0. The van der Waals surface area contributed by atoms with Gasteiger partial charge in [-0.15, -0.1) is 0 Å². The van der Waals surface area contributed by atoms with Gasteiger partial charge in [-0.3, -0.25) is 0 Å². The van der Waals surface area contributed by atoms with E-state index in [4.69, 9.17) is 4.42 Å². The molecule has 3 rings (SSSR count). The van der Waals surface area contributed by atoms with Crippen molar-refractivity contribution in [2.45, 2.75) is 26.9 Å². The van der Waals surface area contributed by atoms with Gasteiger partial charge in [0.2, 0.25) is 0 Å². The molecule has 2 heterocycles. The summed E-state index contributed by atoms with van der Waals surface area (Å²) in [5.41, 5.74) is 3.88. The van der Waals surface area contributed by atoms with Crippen LogP contribution in [0.5, 0.6) is 5.75 Å². The van der Waals surface area contributed by atoms with Crippen LogP contribution in [0.4, 0.5) is 0 Å². The normalized spacial score (nSPS) is 11.3. The second-order valence-electron chi connectivity index (χ2n) is 5.81. The molecule has 120 valence electrons. The van der Waals surface area contributed by atoms with E-state index in [1.165, 1.54) is 17.5 Å². The third-order valence-corrected chi connectivity index (χ3v) is 4.32. The van der Waals surface area contributed by atoms with Gasteiger partial charge in [0, 0.05) is 48.5 Å². The zero-order chi connectivity index (χ0) is 16.6. The van der Waals surface area contributed by atoms with Gasteiger partial charge in [-0.25, -0.2) is 4.79 Å². The Morgan fingerprint density at radius 3 is 2.65 bits per heavy atom. The molecule has 0 spiro atoms. The Bertz CT molecular complexity index is 922. The van der Waals surface area contributed by atoms with Gasteiger partial charge in [0.25, 0.3) is 0 Å². The van der Waals surface area contributed by atoms with Gasteiger partial charge < -0.3 is 19.4 Å². The lowest BCUT2D eigenvalue weighted by molar-refractivity contribution is 0.468. The van der Waals surface area contributed by atoms with Crippen molar-refractivity contribution in [2.24, 2.45) is 7.05 Å². The van der Waals surface area contributed by atoms with E-state index in [-0.39, 0.29) is 5.75 Å². The van der Waals surface area contributed by atoms with Crippen LogP contribution in [0.2, 0.25) is 0 Å². The number of benzene rings is 1. The minimum Gasteiger partial charge on any atom is -0.508 e. The van der Waals surface area contributed by atoms with Gasteiger partial charge in [-0.1, -0.05) is 0 Å². The second-order valence-corrected chi connectivity index (χ2v) is 5.81. The fraction of sp³-hybridized carbons (Fsp3) is 0.278. The van der Waals surface area contributed by atoms with Crippen molar-refractivity contribution in [3.8, 4) is 5.75 Å². The molecule has 0 unspecified atom stereocenters. The summed E-state index contributed by atoms with van der Waals surface area (Å²) in [5.74, 6) is 0.130. The van der Waals surface area contributed by atoms with Crippen molar-refractivity contribution in [3.05, 3.63) is 63.3 Å². The maximum atomic E-state index is 11.8. The quantitative estimate of drug-likeness (QED) is 0.727. The summed E-state index contributed by atoms with van der Waals surface area (Å²) in [4.78, 5) is 11.8. The molecule has 2 N–H and O–H groups in total. The molecule has 0 amide bonds. The molecule has 0 aliphatic carbocycles. The first-order chi connectivity index (χ1) is 11.0. The van der Waals surface area contributed by atoms with E-state index in [1.54, 1.807) is 19.1 Å². The molecule has 0 fully saturated rings. The molecular weight excluding hydrogens is 292 g/mol. The molecule has 0 saturated heterocycles. The lowest BCUT2D eigenvalue weighted by Gasteiger charge is -2.10. The summed E-state index contributed by atoms with van der Waals surface area (Å²) in [6.45, 7) is 5.07. The predicted octanol–water partition coefficient (Wildman–Crippen LogP) is 2.74. The number of hydrogen-bond donors (Lipinski definition) is 2. The van der Waals surface area contributed by atoms with Crippen molar-refractivity contribution in [3.63, 3.8) is 0 Å². The molecule has 5 heteroatoms. The largest absolute Gasteiger partial charge is 0.508 e. The first-order valence-corrected chi connectivity index (χ1v) is 7.54. The molecule has 3 aromatic rings. The third kappa shape index (κ3) is 2.87. The van der Waals surface area contributed by atoms with E-state index >= 15 is 0 Å². The number of fused-ring (bicyclic) bond motifs is 1. The standard InChI is InChI=1S/C18H20N2O3/c1-11-4-5-14(20(11)3)10-19-9-13-8-17(22)23-18-12(2)16(21)7-6-15(13)18/h4-8,19,21H,9-10H2,1-3H3. The van der Waals surface area contributed by atoms with Crippen LogP contribution in [-0.2, 0) is 20.1 Å². The number of hydrogen-bond acceptors (Lipinski definition) is 4. The Hall–Kier alpha value is -2.53. The van der Waals surface area contributed by atoms with E-state index in [2.05, 4.69) is 28.9 Å². The Balaban J connectivity index is 1.87. The molecule has 0 radical (unpaired) electrons. The van der Waals surface area contributed by atoms with Crippen molar-refractivity contribution in [1.29, 1.82) is 0 Å². The topological polar surface area (TPSA) is 67.4 Å². The minimum atomic E-state index is -0.405. The number of nitrogens with one attached hydrogen (secondary N) is 1. The molecule has 0 aliphatic heterocycles. The number of phenols is 1. The third-order valence-electron chi connectivity index (χ3n) is 4.32. The highest BCUT2D eigenvalue weighted by Gasteiger charge is 2.10.